The van der Waals surface area contributed by atoms with Crippen molar-refractivity contribution < 1.29 is 14.3 Å². The molecule has 5 nitrogen and oxygen atoms in total. The molecule has 3 rings (SSSR count). The number of amides is 2. The van der Waals surface area contributed by atoms with Crippen LogP contribution in [0.4, 0.5) is 0 Å². The normalized spacial score (nSPS) is 10.2. The first-order valence-electron chi connectivity index (χ1n) is 9.16. The minimum Gasteiger partial charge on any atom is -0.494 e. The maximum atomic E-state index is 12.3. The fourth-order valence-electron chi connectivity index (χ4n) is 2.62. The molecule has 3 aromatic rings. The van der Waals surface area contributed by atoms with E-state index in [1.807, 2.05) is 49.4 Å². The highest BCUT2D eigenvalue weighted by Crippen LogP contribution is 2.19. The Hall–Kier alpha value is -3.60. The molecule has 5 heteroatoms. The molecule has 0 fully saturated rings. The summed E-state index contributed by atoms with van der Waals surface area (Å²) in [6.45, 7) is 2.66. The van der Waals surface area contributed by atoms with Crippen LogP contribution < -0.4 is 15.6 Å². The second-order valence-corrected chi connectivity index (χ2v) is 6.22. The number of hydrazine groups is 1. The number of rotatable bonds is 6. The molecule has 0 unspecified atom stereocenters. The van der Waals surface area contributed by atoms with Gasteiger partial charge in [-0.1, -0.05) is 49.4 Å². The first-order chi connectivity index (χ1) is 13.7. The quantitative estimate of drug-likeness (QED) is 0.635. The summed E-state index contributed by atoms with van der Waals surface area (Å²) in [5.41, 5.74) is 7.86. The van der Waals surface area contributed by atoms with Gasteiger partial charge in [0.2, 0.25) is 0 Å². The van der Waals surface area contributed by atoms with Gasteiger partial charge in [-0.3, -0.25) is 20.4 Å². The monoisotopic (exact) mass is 374 g/mol. The van der Waals surface area contributed by atoms with E-state index in [2.05, 4.69) is 10.9 Å². The first kappa shape index (κ1) is 19.2. The summed E-state index contributed by atoms with van der Waals surface area (Å²) in [4.78, 5) is 24.4. The lowest BCUT2D eigenvalue weighted by Gasteiger charge is -2.09. The van der Waals surface area contributed by atoms with Crippen LogP contribution in [-0.2, 0) is 0 Å². The number of benzene rings is 3. The van der Waals surface area contributed by atoms with Gasteiger partial charge in [-0.25, -0.2) is 0 Å². The van der Waals surface area contributed by atoms with Gasteiger partial charge >= 0.3 is 0 Å². The first-order valence-corrected chi connectivity index (χ1v) is 9.16. The Morgan fingerprint density at radius 2 is 1.21 bits per heavy atom. The van der Waals surface area contributed by atoms with E-state index in [0.29, 0.717) is 23.5 Å². The predicted molar refractivity (Wildman–Crippen MR) is 109 cm³/mol. The highest BCUT2D eigenvalue weighted by atomic mass is 16.5. The number of ether oxygens (including phenoxy) is 1. The van der Waals surface area contributed by atoms with Crippen LogP contribution in [0.25, 0.3) is 11.1 Å². The minimum absolute atomic E-state index is 0.379. The molecule has 0 spiro atoms. The smallest absolute Gasteiger partial charge is 0.269 e. The maximum Gasteiger partial charge on any atom is 0.269 e. The van der Waals surface area contributed by atoms with E-state index in [4.69, 9.17) is 4.74 Å². The standard InChI is InChI=1S/C23H22N2O3/c1-2-16-28-21-14-12-20(13-15-21)23(27)25-24-22(26)19-10-8-18(9-11-19)17-6-4-3-5-7-17/h3-15H,2,16H2,1H3,(H,24,26)(H,25,27). The zero-order chi connectivity index (χ0) is 19.8. The molecule has 0 radical (unpaired) electrons. The number of carbonyl (C=O) groups excluding carboxylic acids is 2. The molecule has 0 bridgehead atoms. The molecule has 0 aromatic heterocycles. The SMILES string of the molecule is CCCOc1ccc(C(=O)NNC(=O)c2ccc(-c3ccccc3)cc2)cc1. The van der Waals surface area contributed by atoms with Gasteiger partial charge in [-0.15, -0.1) is 0 Å². The van der Waals surface area contributed by atoms with Gasteiger partial charge < -0.3 is 4.74 Å². The molecular formula is C23H22N2O3. The van der Waals surface area contributed by atoms with Crippen LogP contribution in [0.15, 0.2) is 78.9 Å². The molecule has 28 heavy (non-hydrogen) atoms. The lowest BCUT2D eigenvalue weighted by Crippen LogP contribution is -2.41. The van der Waals surface area contributed by atoms with E-state index >= 15 is 0 Å². The van der Waals surface area contributed by atoms with E-state index in [0.717, 1.165) is 17.5 Å². The molecule has 2 amide bonds. The fraction of sp³-hybridized carbons (Fsp3) is 0.130. The van der Waals surface area contributed by atoms with E-state index in [1.165, 1.54) is 0 Å². The van der Waals surface area contributed by atoms with Gasteiger partial charge in [0.05, 0.1) is 6.61 Å². The molecule has 0 aliphatic heterocycles. The highest BCUT2D eigenvalue weighted by Gasteiger charge is 2.09. The molecule has 0 aliphatic rings. The van der Waals surface area contributed by atoms with Gasteiger partial charge in [-0.05, 0) is 53.9 Å². The minimum atomic E-state index is -0.392. The Morgan fingerprint density at radius 3 is 1.75 bits per heavy atom. The van der Waals surface area contributed by atoms with E-state index in [9.17, 15) is 9.59 Å². The van der Waals surface area contributed by atoms with Crippen LogP contribution in [0.1, 0.15) is 34.1 Å². The summed E-state index contributed by atoms with van der Waals surface area (Å²) in [5.74, 6) is -0.0619. The molecule has 0 saturated heterocycles. The van der Waals surface area contributed by atoms with E-state index < -0.39 is 5.91 Å². The number of hydrogen-bond donors (Lipinski definition) is 2. The second kappa shape index (κ2) is 9.37. The number of nitrogens with one attached hydrogen (secondary N) is 2. The van der Waals surface area contributed by atoms with Gasteiger partial charge in [0, 0.05) is 11.1 Å². The summed E-state index contributed by atoms with van der Waals surface area (Å²) in [7, 11) is 0. The topological polar surface area (TPSA) is 67.4 Å². The Balaban J connectivity index is 1.55. The zero-order valence-electron chi connectivity index (χ0n) is 15.6. The number of hydrogen-bond acceptors (Lipinski definition) is 3. The molecule has 2 N–H and O–H groups in total. The summed E-state index contributed by atoms with van der Waals surface area (Å²) < 4.78 is 5.49. The van der Waals surface area contributed by atoms with Crippen molar-refractivity contribution in [2.75, 3.05) is 6.61 Å². The molecule has 0 heterocycles. The average Bonchev–Trinajstić information content (AvgIpc) is 2.77. The van der Waals surface area contributed by atoms with Crippen molar-refractivity contribution in [3.63, 3.8) is 0 Å². The molecular weight excluding hydrogens is 352 g/mol. The van der Waals surface area contributed by atoms with Crippen LogP contribution in [0.3, 0.4) is 0 Å². The average molecular weight is 374 g/mol. The lowest BCUT2D eigenvalue weighted by atomic mass is 10.0. The fourth-order valence-corrected chi connectivity index (χ4v) is 2.62. The molecule has 142 valence electrons. The maximum absolute atomic E-state index is 12.3. The van der Waals surface area contributed by atoms with Crippen LogP contribution in [0.5, 0.6) is 5.75 Å². The van der Waals surface area contributed by atoms with E-state index in [1.54, 1.807) is 36.4 Å². The Morgan fingerprint density at radius 1 is 0.714 bits per heavy atom. The van der Waals surface area contributed by atoms with Gasteiger partial charge in [-0.2, -0.15) is 0 Å². The lowest BCUT2D eigenvalue weighted by molar-refractivity contribution is 0.0846. The van der Waals surface area contributed by atoms with Crippen LogP contribution in [0, 0.1) is 0 Å². The predicted octanol–water partition coefficient (Wildman–Crippen LogP) is 4.22. The molecule has 0 aliphatic carbocycles. The molecule has 0 saturated carbocycles. The van der Waals surface area contributed by atoms with Gasteiger partial charge in [0.15, 0.2) is 0 Å². The van der Waals surface area contributed by atoms with E-state index in [-0.39, 0.29) is 5.91 Å². The van der Waals surface area contributed by atoms with Crippen molar-refractivity contribution in [3.8, 4) is 16.9 Å². The van der Waals surface area contributed by atoms with Crippen molar-refractivity contribution in [1.29, 1.82) is 0 Å². The van der Waals surface area contributed by atoms with Crippen LogP contribution in [-0.4, -0.2) is 18.4 Å². The third kappa shape index (κ3) is 4.98. The van der Waals surface area contributed by atoms with Crippen molar-refractivity contribution >= 4 is 11.8 Å². The summed E-state index contributed by atoms with van der Waals surface area (Å²) >= 11 is 0. The van der Waals surface area contributed by atoms with Gasteiger partial charge in [0.25, 0.3) is 11.8 Å². The molecule has 3 aromatic carbocycles. The van der Waals surface area contributed by atoms with Crippen molar-refractivity contribution in [1.82, 2.24) is 10.9 Å². The largest absolute Gasteiger partial charge is 0.494 e. The Kier molecular flexibility index (Phi) is 6.41. The molecule has 0 atom stereocenters. The van der Waals surface area contributed by atoms with Gasteiger partial charge in [0.1, 0.15) is 5.75 Å². The second-order valence-electron chi connectivity index (χ2n) is 6.22. The van der Waals surface area contributed by atoms with Crippen LogP contribution in [0.2, 0.25) is 0 Å². The third-order valence-electron chi connectivity index (χ3n) is 4.13. The van der Waals surface area contributed by atoms with Crippen LogP contribution >= 0.6 is 0 Å². The van der Waals surface area contributed by atoms with Crippen molar-refractivity contribution in [2.45, 2.75) is 13.3 Å². The summed E-state index contributed by atoms with van der Waals surface area (Å²) in [6, 6.07) is 23.9. The third-order valence-corrected chi connectivity index (χ3v) is 4.13. The highest BCUT2D eigenvalue weighted by molar-refractivity contribution is 5.99. The van der Waals surface area contributed by atoms with Crippen molar-refractivity contribution in [3.05, 3.63) is 90.0 Å². The summed E-state index contributed by atoms with van der Waals surface area (Å²) in [6.07, 6.45) is 0.917. The van der Waals surface area contributed by atoms with Crippen molar-refractivity contribution in [2.24, 2.45) is 0 Å². The zero-order valence-corrected chi connectivity index (χ0v) is 15.6. The summed E-state index contributed by atoms with van der Waals surface area (Å²) in [5, 5.41) is 0. The Labute approximate surface area is 164 Å². The number of carbonyl (C=O) groups is 2. The Bertz CT molecular complexity index is 920.